The molecule has 1 aliphatic rings. The maximum Gasteiger partial charge on any atom is 0.341 e. The summed E-state index contributed by atoms with van der Waals surface area (Å²) in [6, 6.07) is 14.6. The number of para-hydroxylation sites is 2. The number of H-pyrrole nitrogens is 1. The van der Waals surface area contributed by atoms with Crippen molar-refractivity contribution in [1.29, 1.82) is 0 Å². The van der Waals surface area contributed by atoms with Crippen LogP contribution >= 0.6 is 11.8 Å². The first-order valence-electron chi connectivity index (χ1n) is 9.17. The van der Waals surface area contributed by atoms with E-state index in [2.05, 4.69) is 22.0 Å². The maximum atomic E-state index is 13.0. The third kappa shape index (κ3) is 3.79. The van der Waals surface area contributed by atoms with Gasteiger partial charge in [0.25, 0.3) is 6.17 Å². The highest BCUT2D eigenvalue weighted by molar-refractivity contribution is 7.99. The van der Waals surface area contributed by atoms with Crippen LogP contribution < -0.4 is 20.3 Å². The second-order valence-corrected chi connectivity index (χ2v) is 7.47. The van der Waals surface area contributed by atoms with Gasteiger partial charge >= 0.3 is 17.2 Å². The van der Waals surface area contributed by atoms with E-state index in [1.54, 1.807) is 22.9 Å². The minimum Gasteiger partial charge on any atom is -0.481 e. The number of thioether (sulfide) groups is 1. The van der Waals surface area contributed by atoms with Gasteiger partial charge in [-0.25, -0.2) is 4.79 Å². The van der Waals surface area contributed by atoms with Gasteiger partial charge in [0.15, 0.2) is 6.61 Å². The number of carboxylic acids is 1. The number of benzene rings is 2. The lowest BCUT2D eigenvalue weighted by molar-refractivity contribution is -0.759. The lowest BCUT2D eigenvalue weighted by Gasteiger charge is -2.23. The molecule has 0 amide bonds. The Morgan fingerprint density at radius 1 is 1.27 bits per heavy atom. The van der Waals surface area contributed by atoms with Gasteiger partial charge in [0.1, 0.15) is 5.75 Å². The zero-order valence-electron chi connectivity index (χ0n) is 15.9. The first-order chi connectivity index (χ1) is 14.6. The Balaban J connectivity index is 1.88. The molecule has 1 atom stereocenters. The van der Waals surface area contributed by atoms with E-state index in [1.165, 1.54) is 11.8 Å². The standard InChI is InChI=1S/C21H18N4O4S/c1-2-11-30-21-23-20(28)18-13-7-3-5-9-15(13)22-19(25(18)24-21)14-8-4-6-10-16(14)29-12-17(26)27/h2-10,19H,1,11-12H2,(H2,23,24,26,27,28)/p+1/t19-/m1/s1. The van der Waals surface area contributed by atoms with Crippen molar-refractivity contribution < 1.29 is 19.3 Å². The number of aliphatic carboxylic acids is 1. The number of ether oxygens (including phenoxy) is 1. The van der Waals surface area contributed by atoms with E-state index in [0.717, 1.165) is 11.3 Å². The van der Waals surface area contributed by atoms with E-state index in [1.807, 2.05) is 36.4 Å². The topological polar surface area (TPSA) is 108 Å². The van der Waals surface area contributed by atoms with Crippen molar-refractivity contribution in [2.45, 2.75) is 11.3 Å². The fraction of sp³-hybridized carbons (Fsp3) is 0.143. The first-order valence-corrected chi connectivity index (χ1v) is 10.2. The number of nitrogens with one attached hydrogen (secondary N) is 2. The molecule has 152 valence electrons. The molecule has 0 fully saturated rings. The second-order valence-electron chi connectivity index (χ2n) is 6.46. The molecule has 1 aromatic heterocycles. The summed E-state index contributed by atoms with van der Waals surface area (Å²) in [4.78, 5) is 26.8. The van der Waals surface area contributed by atoms with Crippen LogP contribution in [0.15, 0.2) is 71.1 Å². The van der Waals surface area contributed by atoms with Crippen LogP contribution in [0.5, 0.6) is 5.75 Å². The summed E-state index contributed by atoms with van der Waals surface area (Å²) in [6.07, 6.45) is 1.17. The number of rotatable bonds is 7. The Kier molecular flexibility index (Phi) is 5.53. The molecule has 0 unspecified atom stereocenters. The quantitative estimate of drug-likeness (QED) is 0.304. The maximum absolute atomic E-state index is 13.0. The molecule has 30 heavy (non-hydrogen) atoms. The second kappa shape index (κ2) is 8.42. The molecule has 4 rings (SSSR count). The number of hydrogen-bond acceptors (Lipinski definition) is 6. The summed E-state index contributed by atoms with van der Waals surface area (Å²) in [5.41, 5.74) is 2.31. The predicted octanol–water partition coefficient (Wildman–Crippen LogP) is 2.44. The van der Waals surface area contributed by atoms with Crippen molar-refractivity contribution in [2.24, 2.45) is 0 Å². The zero-order chi connectivity index (χ0) is 21.1. The number of hydrogen-bond donors (Lipinski definition) is 3. The molecule has 0 bridgehead atoms. The van der Waals surface area contributed by atoms with Crippen LogP contribution in [-0.2, 0) is 4.79 Å². The van der Waals surface area contributed by atoms with Crippen LogP contribution in [0.4, 0.5) is 5.69 Å². The molecule has 2 aromatic carbocycles. The Bertz CT molecular complexity index is 1180. The summed E-state index contributed by atoms with van der Waals surface area (Å²) in [5, 5.41) is 17.5. The highest BCUT2D eigenvalue weighted by Crippen LogP contribution is 2.34. The summed E-state index contributed by atoms with van der Waals surface area (Å²) in [7, 11) is 0. The number of carboxylic acid groups (broad SMARTS) is 1. The van der Waals surface area contributed by atoms with Crippen LogP contribution in [0.2, 0.25) is 0 Å². The Labute approximate surface area is 176 Å². The Morgan fingerprint density at radius 3 is 2.83 bits per heavy atom. The number of aromatic amines is 1. The molecule has 0 radical (unpaired) electrons. The molecule has 0 saturated carbocycles. The van der Waals surface area contributed by atoms with Crippen LogP contribution in [0.25, 0.3) is 11.3 Å². The van der Waals surface area contributed by atoms with Gasteiger partial charge in [0.05, 0.1) is 16.8 Å². The fourth-order valence-corrected chi connectivity index (χ4v) is 3.87. The predicted molar refractivity (Wildman–Crippen MR) is 113 cm³/mol. The SMILES string of the molecule is C=CCSc1n[n+]2c(c(=O)[nH]1)-c1ccccc1N[C@H]2c1ccccc1OCC(=O)O. The van der Waals surface area contributed by atoms with Gasteiger partial charge in [-0.05, 0) is 28.9 Å². The van der Waals surface area contributed by atoms with Gasteiger partial charge in [0, 0.05) is 10.9 Å². The zero-order valence-corrected chi connectivity index (χ0v) is 16.7. The van der Waals surface area contributed by atoms with Crippen molar-refractivity contribution in [1.82, 2.24) is 10.1 Å². The molecular formula is C21H19N4O4S+. The molecule has 2 heterocycles. The molecule has 3 aromatic rings. The molecule has 3 N–H and O–H groups in total. The molecule has 0 aliphatic carbocycles. The molecule has 9 heteroatoms. The van der Waals surface area contributed by atoms with Crippen LogP contribution in [0.3, 0.4) is 0 Å². The highest BCUT2D eigenvalue weighted by atomic mass is 32.2. The number of anilines is 1. The van der Waals surface area contributed by atoms with Gasteiger partial charge < -0.3 is 15.2 Å². The summed E-state index contributed by atoms with van der Waals surface area (Å²) in [5.74, 6) is -0.0787. The number of fused-ring (bicyclic) bond motifs is 3. The fourth-order valence-electron chi connectivity index (χ4n) is 3.28. The lowest BCUT2D eigenvalue weighted by atomic mass is 10.0. The smallest absolute Gasteiger partial charge is 0.341 e. The molecule has 0 spiro atoms. The van der Waals surface area contributed by atoms with Crippen LogP contribution in [0.1, 0.15) is 11.7 Å². The monoisotopic (exact) mass is 423 g/mol. The largest absolute Gasteiger partial charge is 0.481 e. The Hall–Kier alpha value is -3.59. The summed E-state index contributed by atoms with van der Waals surface area (Å²) in [6.45, 7) is 3.23. The molecule has 8 nitrogen and oxygen atoms in total. The third-order valence-corrected chi connectivity index (χ3v) is 5.34. The normalized spacial score (nSPS) is 14.2. The number of carbonyl (C=O) groups is 1. The van der Waals surface area contributed by atoms with Crippen molar-refractivity contribution in [3.63, 3.8) is 0 Å². The average molecular weight is 423 g/mol. The average Bonchev–Trinajstić information content (AvgIpc) is 2.75. The minimum absolute atomic E-state index is 0.264. The molecule has 1 aliphatic heterocycles. The van der Waals surface area contributed by atoms with Crippen molar-refractivity contribution >= 4 is 23.4 Å². The highest BCUT2D eigenvalue weighted by Gasteiger charge is 2.39. The van der Waals surface area contributed by atoms with E-state index in [0.29, 0.717) is 27.9 Å². The van der Waals surface area contributed by atoms with Crippen molar-refractivity contribution in [3.05, 3.63) is 77.1 Å². The van der Waals surface area contributed by atoms with Crippen LogP contribution in [0, 0.1) is 0 Å². The van der Waals surface area contributed by atoms with Gasteiger partial charge in [0.2, 0.25) is 5.16 Å². The number of aromatic nitrogens is 3. The van der Waals surface area contributed by atoms with E-state index in [-0.39, 0.29) is 5.56 Å². The van der Waals surface area contributed by atoms with Crippen LogP contribution in [-0.4, -0.2) is 33.5 Å². The molecular weight excluding hydrogens is 404 g/mol. The Morgan fingerprint density at radius 2 is 2.03 bits per heavy atom. The van der Waals surface area contributed by atoms with Gasteiger partial charge in [-0.3, -0.25) is 9.78 Å². The lowest BCUT2D eigenvalue weighted by Crippen LogP contribution is -2.55. The van der Waals surface area contributed by atoms with E-state index in [9.17, 15) is 9.59 Å². The summed E-state index contributed by atoms with van der Waals surface area (Å²) >= 11 is 1.36. The molecule has 0 saturated heterocycles. The van der Waals surface area contributed by atoms with E-state index >= 15 is 0 Å². The van der Waals surface area contributed by atoms with Gasteiger partial charge in [-0.1, -0.05) is 42.1 Å². The van der Waals surface area contributed by atoms with E-state index < -0.39 is 18.7 Å². The van der Waals surface area contributed by atoms with Crippen molar-refractivity contribution in [2.75, 3.05) is 17.7 Å². The minimum atomic E-state index is -1.07. The first kappa shape index (κ1) is 19.7. The van der Waals surface area contributed by atoms with Gasteiger partial charge in [-0.2, -0.15) is 0 Å². The van der Waals surface area contributed by atoms with Gasteiger partial charge in [-0.15, -0.1) is 6.58 Å². The van der Waals surface area contributed by atoms with Crippen molar-refractivity contribution in [3.8, 4) is 17.0 Å². The third-order valence-electron chi connectivity index (χ3n) is 4.48. The summed E-state index contributed by atoms with van der Waals surface area (Å²) < 4.78 is 7.12. The van der Waals surface area contributed by atoms with E-state index in [4.69, 9.17) is 9.84 Å². The number of nitrogens with zero attached hydrogens (tertiary/aromatic N) is 2.